The molecule has 1 saturated heterocycles. The van der Waals surface area contributed by atoms with E-state index < -0.39 is 0 Å². The molecule has 3 rings (SSSR count). The van der Waals surface area contributed by atoms with Gasteiger partial charge in [0.25, 0.3) is 0 Å². The van der Waals surface area contributed by atoms with Gasteiger partial charge in [0, 0.05) is 31.1 Å². The van der Waals surface area contributed by atoms with E-state index in [0.717, 1.165) is 32.6 Å². The highest BCUT2D eigenvalue weighted by molar-refractivity contribution is 7.10. The van der Waals surface area contributed by atoms with Crippen molar-refractivity contribution in [2.24, 2.45) is 0 Å². The van der Waals surface area contributed by atoms with E-state index in [1.54, 1.807) is 11.3 Å². The molecule has 0 saturated carbocycles. The van der Waals surface area contributed by atoms with Crippen molar-refractivity contribution in [2.45, 2.75) is 25.5 Å². The molecule has 1 N–H and O–H groups in total. The fourth-order valence-corrected chi connectivity index (χ4v) is 3.43. The maximum atomic E-state index is 12.2. The molecule has 1 amide bonds. The smallest absolute Gasteiger partial charge is 0.225 e. The largest absolute Gasteiger partial charge is 0.375 e. The molecular weight excluding hydrogens is 248 g/mol. The predicted octanol–water partition coefficient (Wildman–Crippen LogP) is 1.01. The molecule has 1 unspecified atom stereocenters. The average molecular weight is 266 g/mol. The standard InChI is InChI=1S/C13H18N2O2S/c16-13(7-11-8-14-3-5-17-11)15-4-1-12-10(9-15)2-6-18-12/h2,6,11,14H,1,3-5,7-9H2. The fourth-order valence-electron chi connectivity index (χ4n) is 2.54. The van der Waals surface area contributed by atoms with Crippen molar-refractivity contribution in [1.29, 1.82) is 0 Å². The number of fused-ring (bicyclic) bond motifs is 1. The number of hydrogen-bond donors (Lipinski definition) is 1. The van der Waals surface area contributed by atoms with Crippen LogP contribution in [-0.2, 0) is 22.5 Å². The third-order valence-corrected chi connectivity index (χ3v) is 4.59. The van der Waals surface area contributed by atoms with E-state index >= 15 is 0 Å². The summed E-state index contributed by atoms with van der Waals surface area (Å²) in [5.41, 5.74) is 1.32. The summed E-state index contributed by atoms with van der Waals surface area (Å²) in [6.45, 7) is 4.03. The molecule has 18 heavy (non-hydrogen) atoms. The lowest BCUT2D eigenvalue weighted by Crippen LogP contribution is -2.43. The molecule has 0 bridgehead atoms. The van der Waals surface area contributed by atoms with Gasteiger partial charge >= 0.3 is 0 Å². The summed E-state index contributed by atoms with van der Waals surface area (Å²) in [6, 6.07) is 2.14. The fraction of sp³-hybridized carbons (Fsp3) is 0.615. The number of nitrogens with one attached hydrogen (secondary N) is 1. The van der Waals surface area contributed by atoms with Gasteiger partial charge in [-0.3, -0.25) is 4.79 Å². The Morgan fingerprint density at radius 3 is 3.39 bits per heavy atom. The molecule has 4 nitrogen and oxygen atoms in total. The molecule has 3 heterocycles. The van der Waals surface area contributed by atoms with Crippen molar-refractivity contribution >= 4 is 17.2 Å². The summed E-state index contributed by atoms with van der Waals surface area (Å²) in [4.78, 5) is 15.6. The first-order valence-corrected chi connectivity index (χ1v) is 7.36. The minimum absolute atomic E-state index is 0.0510. The highest BCUT2D eigenvalue weighted by atomic mass is 32.1. The van der Waals surface area contributed by atoms with Crippen LogP contribution in [0.3, 0.4) is 0 Å². The first kappa shape index (κ1) is 12.1. The van der Waals surface area contributed by atoms with Crippen LogP contribution in [0.25, 0.3) is 0 Å². The quantitative estimate of drug-likeness (QED) is 0.868. The van der Waals surface area contributed by atoms with Gasteiger partial charge in [-0.05, 0) is 23.4 Å². The molecule has 1 aromatic rings. The summed E-state index contributed by atoms with van der Waals surface area (Å²) in [7, 11) is 0. The Morgan fingerprint density at radius 1 is 1.61 bits per heavy atom. The SMILES string of the molecule is O=C(CC1CNCCO1)N1CCc2sccc2C1. The van der Waals surface area contributed by atoms with Gasteiger partial charge in [-0.2, -0.15) is 0 Å². The maximum absolute atomic E-state index is 12.2. The van der Waals surface area contributed by atoms with Crippen LogP contribution in [0.5, 0.6) is 0 Å². The van der Waals surface area contributed by atoms with E-state index in [2.05, 4.69) is 16.8 Å². The van der Waals surface area contributed by atoms with Crippen molar-refractivity contribution in [1.82, 2.24) is 10.2 Å². The Morgan fingerprint density at radius 2 is 2.56 bits per heavy atom. The Hall–Kier alpha value is -0.910. The van der Waals surface area contributed by atoms with E-state index in [1.165, 1.54) is 10.4 Å². The van der Waals surface area contributed by atoms with E-state index in [9.17, 15) is 4.79 Å². The number of morpholine rings is 1. The number of carbonyl (C=O) groups is 1. The monoisotopic (exact) mass is 266 g/mol. The molecule has 1 aromatic heterocycles. The first-order valence-electron chi connectivity index (χ1n) is 6.48. The zero-order chi connectivity index (χ0) is 12.4. The van der Waals surface area contributed by atoms with Crippen LogP contribution >= 0.6 is 11.3 Å². The van der Waals surface area contributed by atoms with Crippen molar-refractivity contribution in [2.75, 3.05) is 26.2 Å². The predicted molar refractivity (Wildman–Crippen MR) is 70.7 cm³/mol. The van der Waals surface area contributed by atoms with Crippen LogP contribution in [0.1, 0.15) is 16.9 Å². The van der Waals surface area contributed by atoms with Crippen molar-refractivity contribution in [3.8, 4) is 0 Å². The van der Waals surface area contributed by atoms with Crippen molar-refractivity contribution in [3.05, 3.63) is 21.9 Å². The third kappa shape index (κ3) is 2.58. The third-order valence-electron chi connectivity index (χ3n) is 3.57. The van der Waals surface area contributed by atoms with E-state index in [0.29, 0.717) is 13.0 Å². The normalized spacial score (nSPS) is 23.8. The van der Waals surface area contributed by atoms with Gasteiger partial charge in [0.1, 0.15) is 0 Å². The number of rotatable bonds is 2. The maximum Gasteiger partial charge on any atom is 0.225 e. The lowest BCUT2D eigenvalue weighted by Gasteiger charge is -2.30. The molecule has 0 aromatic carbocycles. The first-order chi connectivity index (χ1) is 8.83. The average Bonchev–Trinajstić information content (AvgIpc) is 2.87. The van der Waals surface area contributed by atoms with Crippen molar-refractivity contribution in [3.63, 3.8) is 0 Å². The zero-order valence-corrected chi connectivity index (χ0v) is 11.2. The van der Waals surface area contributed by atoms with Crippen LogP contribution in [0.4, 0.5) is 0 Å². The highest BCUT2D eigenvalue weighted by Crippen LogP contribution is 2.24. The van der Waals surface area contributed by atoms with Crippen LogP contribution < -0.4 is 5.32 Å². The lowest BCUT2D eigenvalue weighted by atomic mass is 10.1. The lowest BCUT2D eigenvalue weighted by molar-refractivity contribution is -0.135. The molecule has 2 aliphatic rings. The van der Waals surface area contributed by atoms with Gasteiger partial charge in [0.15, 0.2) is 0 Å². The van der Waals surface area contributed by atoms with E-state index in [-0.39, 0.29) is 12.0 Å². The second-order valence-electron chi connectivity index (χ2n) is 4.84. The molecule has 0 spiro atoms. The van der Waals surface area contributed by atoms with Gasteiger partial charge in [-0.1, -0.05) is 0 Å². The summed E-state index contributed by atoms with van der Waals surface area (Å²) in [6.07, 6.45) is 1.56. The molecule has 5 heteroatoms. The number of nitrogens with zero attached hydrogens (tertiary/aromatic N) is 1. The topological polar surface area (TPSA) is 41.6 Å². The van der Waals surface area contributed by atoms with Crippen LogP contribution in [0.15, 0.2) is 11.4 Å². The summed E-state index contributed by atoms with van der Waals surface area (Å²) in [5.74, 6) is 0.223. The summed E-state index contributed by atoms with van der Waals surface area (Å²) < 4.78 is 5.59. The summed E-state index contributed by atoms with van der Waals surface area (Å²) in [5, 5.41) is 5.38. The molecule has 1 atom stereocenters. The van der Waals surface area contributed by atoms with Gasteiger partial charge in [-0.25, -0.2) is 0 Å². The van der Waals surface area contributed by atoms with E-state index in [4.69, 9.17) is 4.74 Å². The van der Waals surface area contributed by atoms with Crippen LogP contribution in [0, 0.1) is 0 Å². The van der Waals surface area contributed by atoms with Gasteiger partial charge < -0.3 is 15.0 Å². The molecule has 0 aliphatic carbocycles. The molecule has 2 aliphatic heterocycles. The van der Waals surface area contributed by atoms with Gasteiger partial charge in [0.2, 0.25) is 5.91 Å². The molecule has 0 radical (unpaired) electrons. The number of thiophene rings is 1. The Balaban J connectivity index is 1.57. The van der Waals surface area contributed by atoms with Gasteiger partial charge in [-0.15, -0.1) is 11.3 Å². The second kappa shape index (κ2) is 5.38. The van der Waals surface area contributed by atoms with Crippen LogP contribution in [-0.4, -0.2) is 43.2 Å². The summed E-state index contributed by atoms with van der Waals surface area (Å²) >= 11 is 1.80. The number of hydrogen-bond acceptors (Lipinski definition) is 4. The van der Waals surface area contributed by atoms with E-state index in [1.807, 2.05) is 4.90 Å². The Kier molecular flexibility index (Phi) is 3.63. The molecular formula is C13H18N2O2S. The Labute approximate surface area is 111 Å². The molecule has 98 valence electrons. The number of amides is 1. The number of carbonyl (C=O) groups excluding carboxylic acids is 1. The minimum atomic E-state index is 0.0510. The highest BCUT2D eigenvalue weighted by Gasteiger charge is 2.24. The zero-order valence-electron chi connectivity index (χ0n) is 10.4. The van der Waals surface area contributed by atoms with Crippen LogP contribution in [0.2, 0.25) is 0 Å². The molecule has 1 fully saturated rings. The second-order valence-corrected chi connectivity index (χ2v) is 5.84. The number of ether oxygens (including phenoxy) is 1. The van der Waals surface area contributed by atoms with Crippen molar-refractivity contribution < 1.29 is 9.53 Å². The Bertz CT molecular complexity index is 426. The van der Waals surface area contributed by atoms with Gasteiger partial charge in [0.05, 0.1) is 19.1 Å². The minimum Gasteiger partial charge on any atom is -0.375 e.